The fraction of sp³-hybridized carbons (Fsp3) is 0.207. The molecule has 39 heavy (non-hydrogen) atoms. The Bertz CT molecular complexity index is 1600. The summed E-state index contributed by atoms with van der Waals surface area (Å²) in [5.41, 5.74) is 1.29. The van der Waals surface area contributed by atoms with E-state index in [-0.39, 0.29) is 29.4 Å². The molecule has 0 radical (unpaired) electrons. The van der Waals surface area contributed by atoms with E-state index >= 15 is 0 Å². The zero-order valence-electron chi connectivity index (χ0n) is 21.2. The number of aryl methyl sites for hydroxylation is 2. The van der Waals surface area contributed by atoms with Crippen LogP contribution in [0.4, 0.5) is 8.78 Å². The molecule has 0 heterocycles. The number of benzene rings is 3. The average molecular weight is 538 g/mol. The molecule has 1 unspecified atom stereocenters. The fourth-order valence-electron chi connectivity index (χ4n) is 4.14. The van der Waals surface area contributed by atoms with Crippen LogP contribution < -0.4 is 25.1 Å². The van der Waals surface area contributed by atoms with Gasteiger partial charge in [-0.3, -0.25) is 9.59 Å². The van der Waals surface area contributed by atoms with Gasteiger partial charge in [-0.25, -0.2) is 4.79 Å². The van der Waals surface area contributed by atoms with Crippen molar-refractivity contribution in [2.24, 2.45) is 0 Å². The quantitative estimate of drug-likeness (QED) is 0.262. The molecule has 10 heteroatoms. The number of carboxylic acid groups (broad SMARTS) is 1. The van der Waals surface area contributed by atoms with Gasteiger partial charge in [0.1, 0.15) is 24.0 Å². The molecule has 2 N–H and O–H groups in total. The molecule has 0 aromatic heterocycles. The molecule has 0 fully saturated rings. The molecule has 0 aliphatic carbocycles. The van der Waals surface area contributed by atoms with Crippen LogP contribution >= 0.6 is 0 Å². The van der Waals surface area contributed by atoms with Crippen LogP contribution in [-0.2, 0) is 6.61 Å². The number of halogens is 2. The van der Waals surface area contributed by atoms with Crippen LogP contribution in [0, 0.1) is 13.8 Å². The Morgan fingerprint density at radius 1 is 0.923 bits per heavy atom. The SMILES string of the molecule is Cc1ccc(-c2c(OCc3ccc(O)c(OC(C)c4cc(C(=O)O)c(OC(F)F)cc4C)c3)c(=O)c2=O)cc1. The molecule has 4 aromatic carbocycles. The van der Waals surface area contributed by atoms with E-state index in [1.165, 1.54) is 24.3 Å². The maximum atomic E-state index is 12.7. The lowest BCUT2D eigenvalue weighted by Gasteiger charge is -2.20. The van der Waals surface area contributed by atoms with Crippen molar-refractivity contribution >= 4 is 5.97 Å². The predicted octanol–water partition coefficient (Wildman–Crippen LogP) is 5.29. The van der Waals surface area contributed by atoms with E-state index in [0.29, 0.717) is 22.3 Å². The molecule has 0 aliphatic rings. The number of carboxylic acids is 1. The summed E-state index contributed by atoms with van der Waals surface area (Å²) in [6, 6.07) is 13.9. The van der Waals surface area contributed by atoms with E-state index in [1.54, 1.807) is 32.0 Å². The van der Waals surface area contributed by atoms with E-state index in [0.717, 1.165) is 5.56 Å². The van der Waals surface area contributed by atoms with Crippen LogP contribution in [0.15, 0.2) is 64.2 Å². The summed E-state index contributed by atoms with van der Waals surface area (Å²) in [6.07, 6.45) is -0.799. The van der Waals surface area contributed by atoms with Gasteiger partial charge in [0.2, 0.25) is 5.43 Å². The highest BCUT2D eigenvalue weighted by Crippen LogP contribution is 2.35. The predicted molar refractivity (Wildman–Crippen MR) is 138 cm³/mol. The summed E-state index contributed by atoms with van der Waals surface area (Å²) in [4.78, 5) is 35.9. The Labute approximate surface area is 221 Å². The monoisotopic (exact) mass is 538 g/mol. The second-order valence-electron chi connectivity index (χ2n) is 8.97. The number of rotatable bonds is 10. The summed E-state index contributed by atoms with van der Waals surface area (Å²) < 4.78 is 41.3. The lowest BCUT2D eigenvalue weighted by molar-refractivity contribution is -0.0503. The highest BCUT2D eigenvalue weighted by molar-refractivity contribution is 5.91. The molecular formula is C29H24F2O8. The summed E-state index contributed by atoms with van der Waals surface area (Å²) in [7, 11) is 0. The normalized spacial score (nSPS) is 11.9. The Kier molecular flexibility index (Phi) is 7.66. The van der Waals surface area contributed by atoms with Crippen molar-refractivity contribution in [3.05, 3.63) is 103 Å². The first-order chi connectivity index (χ1) is 18.5. The smallest absolute Gasteiger partial charge is 0.387 e. The number of carbonyl (C=O) groups is 1. The number of hydrogen-bond acceptors (Lipinski definition) is 7. The van der Waals surface area contributed by atoms with Crippen LogP contribution in [0.3, 0.4) is 0 Å². The lowest BCUT2D eigenvalue weighted by atomic mass is 9.99. The van der Waals surface area contributed by atoms with Crippen molar-refractivity contribution in [3.63, 3.8) is 0 Å². The van der Waals surface area contributed by atoms with Gasteiger partial charge in [-0.2, -0.15) is 8.78 Å². The van der Waals surface area contributed by atoms with Gasteiger partial charge in [0, 0.05) is 0 Å². The first-order valence-electron chi connectivity index (χ1n) is 11.8. The maximum Gasteiger partial charge on any atom is 0.387 e. The minimum atomic E-state index is -3.19. The van der Waals surface area contributed by atoms with Gasteiger partial charge < -0.3 is 24.4 Å². The molecule has 202 valence electrons. The number of aromatic carboxylic acids is 1. The van der Waals surface area contributed by atoms with Gasteiger partial charge >= 0.3 is 12.6 Å². The third-order valence-corrected chi connectivity index (χ3v) is 6.17. The highest BCUT2D eigenvalue weighted by atomic mass is 19.3. The molecule has 4 aromatic rings. The van der Waals surface area contributed by atoms with Crippen molar-refractivity contribution in [2.45, 2.75) is 40.1 Å². The summed E-state index contributed by atoms with van der Waals surface area (Å²) in [5.74, 6) is -2.15. The fourth-order valence-corrected chi connectivity index (χ4v) is 4.14. The standard InChI is InChI=1S/C29H24F2O8/c1-14-4-7-18(8-5-14)24-25(33)26(34)27(24)37-13-17-6-9-21(32)23(11-17)38-16(3)19-12-20(28(35)36)22(10-15(19)2)39-29(30)31/h4-12,16,29,32H,13H2,1-3H3,(H,35,36). The molecule has 0 saturated heterocycles. The topological polar surface area (TPSA) is 119 Å². The van der Waals surface area contributed by atoms with Crippen LogP contribution in [-0.4, -0.2) is 22.8 Å². The molecule has 1 atom stereocenters. The zero-order valence-corrected chi connectivity index (χ0v) is 21.2. The van der Waals surface area contributed by atoms with Crippen molar-refractivity contribution in [2.75, 3.05) is 0 Å². The Hall–Kier alpha value is -4.73. The third-order valence-electron chi connectivity index (χ3n) is 6.17. The Balaban J connectivity index is 1.54. The van der Waals surface area contributed by atoms with Gasteiger partial charge in [0.05, 0.1) is 5.56 Å². The first kappa shape index (κ1) is 27.3. The lowest BCUT2D eigenvalue weighted by Crippen LogP contribution is -2.34. The number of phenolic OH excluding ortho intramolecular Hbond substituents is 1. The minimum absolute atomic E-state index is 0.0385. The third kappa shape index (κ3) is 5.74. The minimum Gasteiger partial charge on any atom is -0.504 e. The van der Waals surface area contributed by atoms with Crippen LogP contribution in [0.2, 0.25) is 0 Å². The van der Waals surface area contributed by atoms with Gasteiger partial charge in [-0.15, -0.1) is 0 Å². The number of aromatic hydroxyl groups is 1. The molecule has 0 aliphatic heterocycles. The van der Waals surface area contributed by atoms with Crippen LogP contribution in [0.5, 0.6) is 23.0 Å². The first-order valence-corrected chi connectivity index (χ1v) is 11.8. The van der Waals surface area contributed by atoms with Crippen molar-refractivity contribution in [1.29, 1.82) is 0 Å². The van der Waals surface area contributed by atoms with E-state index in [4.69, 9.17) is 9.47 Å². The summed E-state index contributed by atoms with van der Waals surface area (Å²) in [6.45, 7) is 1.79. The molecule has 0 bridgehead atoms. The van der Waals surface area contributed by atoms with Crippen LogP contribution in [0.25, 0.3) is 11.1 Å². The van der Waals surface area contributed by atoms with Gasteiger partial charge in [0.15, 0.2) is 17.2 Å². The van der Waals surface area contributed by atoms with Crippen molar-refractivity contribution in [3.8, 4) is 34.1 Å². The number of hydrogen-bond donors (Lipinski definition) is 2. The number of ether oxygens (including phenoxy) is 3. The average Bonchev–Trinajstić information content (AvgIpc) is 2.88. The molecule has 0 spiro atoms. The summed E-state index contributed by atoms with van der Waals surface area (Å²) in [5, 5.41) is 19.8. The van der Waals surface area contributed by atoms with Crippen LogP contribution in [0.1, 0.15) is 45.6 Å². The molecule has 4 rings (SSSR count). The zero-order chi connectivity index (χ0) is 28.4. The maximum absolute atomic E-state index is 12.7. The van der Waals surface area contributed by atoms with E-state index < -0.39 is 40.9 Å². The second-order valence-corrected chi connectivity index (χ2v) is 8.97. The Morgan fingerprint density at radius 2 is 1.62 bits per heavy atom. The van der Waals surface area contributed by atoms with Gasteiger partial charge in [-0.05, 0) is 67.3 Å². The van der Waals surface area contributed by atoms with Crippen molar-refractivity contribution in [1.82, 2.24) is 0 Å². The second kappa shape index (κ2) is 10.9. The molecule has 0 saturated carbocycles. The number of phenols is 1. The van der Waals surface area contributed by atoms with Gasteiger partial charge in [-0.1, -0.05) is 35.9 Å². The van der Waals surface area contributed by atoms with Crippen molar-refractivity contribution < 1.29 is 38.0 Å². The highest BCUT2D eigenvalue weighted by Gasteiger charge is 2.25. The van der Waals surface area contributed by atoms with E-state index in [1.807, 2.05) is 19.1 Å². The molecular weight excluding hydrogens is 514 g/mol. The van der Waals surface area contributed by atoms with E-state index in [9.17, 15) is 33.4 Å². The molecule has 8 nitrogen and oxygen atoms in total. The Morgan fingerprint density at radius 3 is 2.26 bits per heavy atom. The molecule has 0 amide bonds. The van der Waals surface area contributed by atoms with Gasteiger partial charge in [0.25, 0.3) is 5.43 Å². The largest absolute Gasteiger partial charge is 0.504 e. The number of alkyl halides is 2. The van der Waals surface area contributed by atoms with E-state index in [2.05, 4.69) is 4.74 Å². The summed E-state index contributed by atoms with van der Waals surface area (Å²) >= 11 is 0.